The van der Waals surface area contributed by atoms with Crippen LogP contribution in [-0.2, 0) is 28.4 Å². The van der Waals surface area contributed by atoms with Crippen molar-refractivity contribution >= 4 is 52.6 Å². The maximum atomic E-state index is 16.8. The number of alkyl halides is 4. The van der Waals surface area contributed by atoms with Crippen molar-refractivity contribution in [1.29, 1.82) is 0 Å². The number of esters is 1. The fraction of sp³-hybridized carbons (Fsp3) is 0.547. The quantitative estimate of drug-likeness (QED) is 0.0632. The zero-order valence-electron chi connectivity index (χ0n) is 41.0. The predicted octanol–water partition coefficient (Wildman–Crippen LogP) is 10.3. The number of rotatable bonds is 16. The van der Waals surface area contributed by atoms with E-state index in [9.17, 15) is 32.1 Å². The lowest BCUT2D eigenvalue weighted by atomic mass is 9.92. The first-order chi connectivity index (χ1) is 34.3. The molecule has 0 bridgehead atoms. The van der Waals surface area contributed by atoms with Gasteiger partial charge in [0.25, 0.3) is 5.91 Å². The van der Waals surface area contributed by atoms with Crippen molar-refractivity contribution in [3.05, 3.63) is 101 Å². The summed E-state index contributed by atoms with van der Waals surface area (Å²) in [6, 6.07) is 20.7. The van der Waals surface area contributed by atoms with Gasteiger partial charge in [-0.15, -0.1) is 24.5 Å². The monoisotopic (exact) mass is 1040 g/mol. The zero-order chi connectivity index (χ0) is 51.1. The Morgan fingerprint density at radius 1 is 0.903 bits per heavy atom. The molecule has 1 unspecified atom stereocenters. The molecule has 3 saturated heterocycles. The molecule has 2 N–H and O–H groups in total. The minimum atomic E-state index is -4.74. The highest BCUT2D eigenvalue weighted by molar-refractivity contribution is 7.57. The van der Waals surface area contributed by atoms with E-state index in [1.165, 1.54) is 36.8 Å². The molecule has 2 saturated carbocycles. The molecule has 3 aliphatic heterocycles. The maximum absolute atomic E-state index is 16.8. The largest absolute Gasteiger partial charge is 0.522 e. The van der Waals surface area contributed by atoms with Crippen LogP contribution in [0.4, 0.5) is 17.6 Å². The van der Waals surface area contributed by atoms with Gasteiger partial charge in [-0.25, -0.2) is 9.48 Å². The molecule has 5 aliphatic rings. The average Bonchev–Trinajstić information content (AvgIpc) is 3.73. The van der Waals surface area contributed by atoms with Crippen LogP contribution in [0.15, 0.2) is 84.9 Å². The smallest absolute Gasteiger partial charge is 0.464 e. The number of amides is 3. The second kappa shape index (κ2) is 21.2. The van der Waals surface area contributed by atoms with Gasteiger partial charge in [-0.05, 0) is 137 Å². The topological polar surface area (TPSA) is 147 Å². The molecule has 10 atom stereocenters. The molecule has 0 radical (unpaired) electrons. The van der Waals surface area contributed by atoms with Gasteiger partial charge in [0.2, 0.25) is 17.7 Å². The molecular formula is C53H64F4N5O8PS. The molecule has 2 aliphatic carbocycles. The van der Waals surface area contributed by atoms with Crippen molar-refractivity contribution in [1.82, 2.24) is 25.1 Å². The zero-order valence-corrected chi connectivity index (χ0v) is 42.7. The summed E-state index contributed by atoms with van der Waals surface area (Å²) in [5.41, 5.74) is 0.902. The number of thiophene rings is 1. The van der Waals surface area contributed by atoms with Crippen molar-refractivity contribution in [2.45, 2.75) is 157 Å². The fourth-order valence-electron chi connectivity index (χ4n) is 11.5. The number of carbonyl (C=O) groups excluding carboxylic acids is 4. The molecule has 1 aromatic heterocycles. The number of nitrogens with zero attached hydrogens (tertiary/aromatic N) is 3. The molecule has 5 fully saturated rings. The van der Waals surface area contributed by atoms with Crippen molar-refractivity contribution in [3.8, 4) is 5.75 Å². The van der Waals surface area contributed by atoms with Gasteiger partial charge in [0.05, 0.1) is 17.6 Å². The number of likely N-dealkylation sites (tertiary alicyclic amines) is 1. The summed E-state index contributed by atoms with van der Waals surface area (Å²) in [6.45, 7) is 5.83. The molecule has 388 valence electrons. The summed E-state index contributed by atoms with van der Waals surface area (Å²) in [5.74, 6) is -3.62. The van der Waals surface area contributed by atoms with E-state index in [1.807, 2.05) is 44.0 Å². The van der Waals surface area contributed by atoms with E-state index >= 15 is 9.18 Å². The standard InChI is InChI=1S/C53H64F4N5O8PS/c1-32(2)31-68-51(66)33(3)59-71(67,70-41-13-9-6-10-14-41)47(54)35-15-22-45-36(25-35)26-46(72-45)48(63)58-43-20-17-38(60(4)39-16-19-42(28-39)69-53(55,56)57)27-40-18-21-44(62(40)49(43)64)50(65)61-30-37(29-52(61)23-24-52)34-11-7-5-8-12-34/h5-15,22,25-26,32-33,37-40,42-44,47H,16-21,23-24,27-31H2,1-4H3,(H,58,63)(H,59,67)/t33-,37+,38-,39+,40+,42-,43-,44-,47+,71?/m0/s1. The normalized spacial score (nSPS) is 26.8. The first-order valence-corrected chi connectivity index (χ1v) is 27.7. The number of ether oxygens (including phenoxy) is 2. The first kappa shape index (κ1) is 52.0. The van der Waals surface area contributed by atoms with Gasteiger partial charge < -0.3 is 29.3 Å². The van der Waals surface area contributed by atoms with Gasteiger partial charge in [-0.2, -0.15) is 0 Å². The van der Waals surface area contributed by atoms with Gasteiger partial charge in [-0.1, -0.05) is 68.4 Å². The molecule has 19 heteroatoms. The highest BCUT2D eigenvalue weighted by atomic mass is 32.1. The Morgan fingerprint density at radius 2 is 1.60 bits per heavy atom. The van der Waals surface area contributed by atoms with Gasteiger partial charge >= 0.3 is 19.9 Å². The van der Waals surface area contributed by atoms with Crippen LogP contribution in [0.2, 0.25) is 0 Å². The summed E-state index contributed by atoms with van der Waals surface area (Å²) >= 11 is 1.13. The lowest BCUT2D eigenvalue weighted by Crippen LogP contribution is -2.59. The fourth-order valence-corrected chi connectivity index (χ4v) is 14.4. The Kier molecular flexibility index (Phi) is 15.3. The van der Waals surface area contributed by atoms with Crippen LogP contribution in [0.5, 0.6) is 5.75 Å². The number of para-hydroxylation sites is 1. The van der Waals surface area contributed by atoms with E-state index in [4.69, 9.17) is 9.26 Å². The number of hydrogen-bond donors (Lipinski definition) is 2. The minimum absolute atomic E-state index is 0.0254. The van der Waals surface area contributed by atoms with E-state index in [2.05, 4.69) is 32.2 Å². The number of halogens is 4. The van der Waals surface area contributed by atoms with Crippen LogP contribution >= 0.6 is 18.9 Å². The Bertz CT molecular complexity index is 2660. The Labute approximate surface area is 421 Å². The summed E-state index contributed by atoms with van der Waals surface area (Å²) < 4.78 is 87.3. The summed E-state index contributed by atoms with van der Waals surface area (Å²) in [7, 11) is -2.63. The highest BCUT2D eigenvalue weighted by Gasteiger charge is 2.59. The molecule has 1 spiro atoms. The summed E-state index contributed by atoms with van der Waals surface area (Å²) in [4.78, 5) is 63.3. The average molecular weight is 1040 g/mol. The predicted molar refractivity (Wildman–Crippen MR) is 265 cm³/mol. The third kappa shape index (κ3) is 11.4. The van der Waals surface area contributed by atoms with E-state index in [0.29, 0.717) is 48.7 Å². The second-order valence-corrected chi connectivity index (χ2v) is 24.1. The van der Waals surface area contributed by atoms with Crippen LogP contribution < -0.4 is 14.9 Å². The summed E-state index contributed by atoms with van der Waals surface area (Å²) in [5, 5.41) is 6.08. The van der Waals surface area contributed by atoms with Crippen molar-refractivity contribution in [3.63, 3.8) is 0 Å². The third-order valence-corrected chi connectivity index (χ3v) is 18.6. The Morgan fingerprint density at radius 3 is 2.29 bits per heavy atom. The van der Waals surface area contributed by atoms with Gasteiger partial charge in [0, 0.05) is 40.8 Å². The third-order valence-electron chi connectivity index (χ3n) is 15.4. The van der Waals surface area contributed by atoms with Crippen LogP contribution in [0, 0.1) is 5.92 Å². The molecule has 4 aromatic rings. The number of benzene rings is 3. The van der Waals surface area contributed by atoms with Crippen molar-refractivity contribution in [2.24, 2.45) is 5.92 Å². The van der Waals surface area contributed by atoms with Crippen LogP contribution in [0.25, 0.3) is 10.1 Å². The number of nitrogens with one attached hydrogen (secondary N) is 2. The Hall–Kier alpha value is -4.87. The second-order valence-electron chi connectivity index (χ2n) is 20.9. The SMILES string of the molecule is CC(C)COC(=O)[C@H](C)NP(=O)(Oc1ccccc1)[C@@H](F)c1ccc2sc(C(=O)N[C@H]3CC[C@H](N(C)[C@@H]4CC[C@H](OC(F)(F)F)C4)C[C@H]4CC[C@@H](C(=O)N5C[C@H](c6ccccc6)CC56CC6)N4C3=O)cc2c1. The molecule has 72 heavy (non-hydrogen) atoms. The van der Waals surface area contributed by atoms with Crippen LogP contribution in [0.3, 0.4) is 0 Å². The number of carbonyl (C=O) groups is 4. The lowest BCUT2D eigenvalue weighted by Gasteiger charge is -2.42. The molecule has 3 aromatic carbocycles. The maximum Gasteiger partial charge on any atom is 0.522 e. The van der Waals surface area contributed by atoms with E-state index in [-0.39, 0.29) is 89.4 Å². The number of fused-ring (bicyclic) bond motifs is 2. The number of hydrogen-bond acceptors (Lipinski definition) is 10. The Balaban J connectivity index is 0.957. The first-order valence-electron chi connectivity index (χ1n) is 25.2. The van der Waals surface area contributed by atoms with Gasteiger partial charge in [0.15, 0.2) is 0 Å². The van der Waals surface area contributed by atoms with E-state index in [1.54, 1.807) is 35.2 Å². The lowest BCUT2D eigenvalue weighted by molar-refractivity contribution is -0.341. The van der Waals surface area contributed by atoms with E-state index < -0.39 is 55.9 Å². The van der Waals surface area contributed by atoms with Gasteiger partial charge in [-0.3, -0.25) is 28.5 Å². The van der Waals surface area contributed by atoms with Crippen LogP contribution in [-0.4, -0.2) is 113 Å². The molecule has 9 rings (SSSR count). The van der Waals surface area contributed by atoms with E-state index in [0.717, 1.165) is 30.6 Å². The highest BCUT2D eigenvalue weighted by Crippen LogP contribution is 2.58. The molecular weight excluding hydrogens is 974 g/mol. The molecule has 4 heterocycles. The molecule has 3 amide bonds. The van der Waals surface area contributed by atoms with Gasteiger partial charge in [0.1, 0.15) is 23.9 Å². The summed E-state index contributed by atoms with van der Waals surface area (Å²) in [6.07, 6.45) is 0.166. The molecule has 13 nitrogen and oxygen atoms in total. The van der Waals surface area contributed by atoms with Crippen molar-refractivity contribution in [2.75, 3.05) is 20.2 Å². The van der Waals surface area contributed by atoms with Crippen molar-refractivity contribution < 1.29 is 55.3 Å². The minimum Gasteiger partial charge on any atom is -0.464 e. The van der Waals surface area contributed by atoms with Crippen LogP contribution in [0.1, 0.15) is 124 Å².